The fraction of sp³-hybridized carbons (Fsp3) is 0.292. The van der Waals surface area contributed by atoms with Gasteiger partial charge in [0.1, 0.15) is 11.4 Å². The first-order valence-corrected chi connectivity index (χ1v) is 12.1. The second-order valence-electron chi connectivity index (χ2n) is 8.17. The lowest BCUT2D eigenvalue weighted by molar-refractivity contribution is 0.0884. The summed E-state index contributed by atoms with van der Waals surface area (Å²) in [6, 6.07) is 15.3. The fourth-order valence-corrected chi connectivity index (χ4v) is 5.27. The maximum atomic E-state index is 13.3. The molecule has 1 saturated heterocycles. The molecule has 0 radical (unpaired) electrons. The number of nitrogens with zero attached hydrogens (tertiary/aromatic N) is 3. The highest BCUT2D eigenvalue weighted by Crippen LogP contribution is 2.32. The van der Waals surface area contributed by atoms with E-state index in [1.165, 1.54) is 18.4 Å². The Kier molecular flexibility index (Phi) is 6.30. The normalized spacial score (nSPS) is 14.5. The number of aromatic nitrogens is 2. The van der Waals surface area contributed by atoms with Gasteiger partial charge in [0, 0.05) is 36.1 Å². The third-order valence-electron chi connectivity index (χ3n) is 6.00. The molecule has 8 nitrogen and oxygen atoms in total. The van der Waals surface area contributed by atoms with Crippen LogP contribution in [0.4, 0.5) is 4.79 Å². The molecule has 5 rings (SSSR count). The van der Waals surface area contributed by atoms with Crippen molar-refractivity contribution >= 4 is 45.8 Å². The number of thiophene rings is 1. The van der Waals surface area contributed by atoms with E-state index in [0.717, 1.165) is 15.8 Å². The molecule has 0 bridgehead atoms. The number of rotatable bonds is 5. The molecular weight excluding hydrogens is 476 g/mol. The van der Waals surface area contributed by atoms with Crippen LogP contribution in [0.2, 0.25) is 4.34 Å². The number of hydrogen-bond acceptors (Lipinski definition) is 6. The van der Waals surface area contributed by atoms with Gasteiger partial charge in [-0.25, -0.2) is 4.79 Å². The summed E-state index contributed by atoms with van der Waals surface area (Å²) in [5.74, 6) is 0.494. The Morgan fingerprint density at radius 2 is 2.00 bits per heavy atom. The Morgan fingerprint density at radius 3 is 2.74 bits per heavy atom. The van der Waals surface area contributed by atoms with Crippen molar-refractivity contribution in [3.8, 4) is 10.6 Å². The minimum absolute atomic E-state index is 0.0119. The number of para-hydroxylation sites is 1. The first kappa shape index (κ1) is 22.5. The summed E-state index contributed by atoms with van der Waals surface area (Å²) >= 11 is 7.47. The number of benzene rings is 1. The summed E-state index contributed by atoms with van der Waals surface area (Å²) in [6.07, 6.45) is 1.02. The van der Waals surface area contributed by atoms with Crippen LogP contribution in [-0.4, -0.2) is 52.9 Å². The summed E-state index contributed by atoms with van der Waals surface area (Å²) in [6.45, 7) is 1.49. The van der Waals surface area contributed by atoms with Gasteiger partial charge in [-0.3, -0.25) is 4.79 Å². The molecule has 1 aliphatic rings. The highest BCUT2D eigenvalue weighted by molar-refractivity contribution is 7.19. The number of halogens is 1. The highest BCUT2D eigenvalue weighted by Gasteiger charge is 2.26. The van der Waals surface area contributed by atoms with E-state index in [1.807, 2.05) is 53.1 Å². The zero-order valence-corrected chi connectivity index (χ0v) is 20.1. The average molecular weight is 499 g/mol. The summed E-state index contributed by atoms with van der Waals surface area (Å²) < 4.78 is 13.0. The molecule has 0 saturated carbocycles. The van der Waals surface area contributed by atoms with Crippen molar-refractivity contribution in [1.29, 1.82) is 0 Å². The minimum atomic E-state index is -0.332. The molecule has 2 amide bonds. The summed E-state index contributed by atoms with van der Waals surface area (Å²) in [5.41, 5.74) is 2.21. The third kappa shape index (κ3) is 4.53. The molecule has 0 atom stereocenters. The standard InChI is InChI=1S/C24H23ClN4O4S/c1-32-24(31)28-10-8-16(9-11-28)26-23(30)19-12-15-4-2-3-5-18(15)29(19)14-17-13-20(33-27-17)21-6-7-22(25)34-21/h2-7,12-13,16H,8-11,14H2,1H3,(H,26,30). The molecule has 4 heterocycles. The van der Waals surface area contributed by atoms with Crippen molar-refractivity contribution in [3.63, 3.8) is 0 Å². The van der Waals surface area contributed by atoms with E-state index in [9.17, 15) is 9.59 Å². The largest absolute Gasteiger partial charge is 0.453 e. The Morgan fingerprint density at radius 1 is 1.21 bits per heavy atom. The van der Waals surface area contributed by atoms with E-state index in [-0.39, 0.29) is 18.0 Å². The number of hydrogen-bond donors (Lipinski definition) is 1. The number of amides is 2. The van der Waals surface area contributed by atoms with Crippen molar-refractivity contribution in [2.24, 2.45) is 0 Å². The van der Waals surface area contributed by atoms with Gasteiger partial charge in [0.25, 0.3) is 5.91 Å². The second kappa shape index (κ2) is 9.52. The predicted molar refractivity (Wildman–Crippen MR) is 130 cm³/mol. The first-order valence-electron chi connectivity index (χ1n) is 10.9. The number of carbonyl (C=O) groups is 2. The number of carbonyl (C=O) groups excluding carboxylic acids is 2. The number of ether oxygens (including phenoxy) is 1. The molecule has 4 aromatic rings. The molecule has 176 valence electrons. The first-order chi connectivity index (χ1) is 16.5. The van der Waals surface area contributed by atoms with Crippen LogP contribution in [0, 0.1) is 0 Å². The smallest absolute Gasteiger partial charge is 0.409 e. The van der Waals surface area contributed by atoms with Gasteiger partial charge >= 0.3 is 6.09 Å². The molecule has 1 aromatic carbocycles. The number of piperidine rings is 1. The predicted octanol–water partition coefficient (Wildman–Crippen LogP) is 5.02. The Balaban J connectivity index is 1.36. The van der Waals surface area contributed by atoms with E-state index in [0.29, 0.717) is 54.0 Å². The van der Waals surface area contributed by atoms with Gasteiger partial charge in [-0.15, -0.1) is 11.3 Å². The van der Waals surface area contributed by atoms with Gasteiger partial charge < -0.3 is 24.0 Å². The lowest BCUT2D eigenvalue weighted by Gasteiger charge is -2.31. The van der Waals surface area contributed by atoms with Crippen molar-refractivity contribution in [2.45, 2.75) is 25.4 Å². The van der Waals surface area contributed by atoms with Gasteiger partial charge in [-0.2, -0.15) is 0 Å². The van der Waals surface area contributed by atoms with Gasteiger partial charge in [0.2, 0.25) is 0 Å². The fourth-order valence-electron chi connectivity index (χ4n) is 4.27. The molecule has 0 aliphatic carbocycles. The number of fused-ring (bicyclic) bond motifs is 1. The van der Waals surface area contributed by atoms with Crippen LogP contribution < -0.4 is 5.32 Å². The molecule has 0 spiro atoms. The SMILES string of the molecule is COC(=O)N1CCC(NC(=O)c2cc3ccccc3n2Cc2cc(-c3ccc(Cl)s3)on2)CC1. The van der Waals surface area contributed by atoms with Gasteiger partial charge in [0.15, 0.2) is 5.76 Å². The molecule has 3 aromatic heterocycles. The van der Waals surface area contributed by atoms with Crippen LogP contribution in [0.1, 0.15) is 29.0 Å². The maximum Gasteiger partial charge on any atom is 0.409 e. The van der Waals surface area contributed by atoms with Gasteiger partial charge in [0.05, 0.1) is 22.9 Å². The van der Waals surface area contributed by atoms with E-state index in [4.69, 9.17) is 20.9 Å². The maximum absolute atomic E-state index is 13.3. The molecule has 34 heavy (non-hydrogen) atoms. The zero-order valence-electron chi connectivity index (χ0n) is 18.5. The van der Waals surface area contributed by atoms with Crippen molar-refractivity contribution < 1.29 is 18.8 Å². The van der Waals surface area contributed by atoms with Crippen LogP contribution in [-0.2, 0) is 11.3 Å². The number of methoxy groups -OCH3 is 1. The Hall–Kier alpha value is -3.30. The molecule has 10 heteroatoms. The van der Waals surface area contributed by atoms with Gasteiger partial charge in [-0.05, 0) is 37.1 Å². The topological polar surface area (TPSA) is 89.6 Å². The molecule has 1 N–H and O–H groups in total. The summed E-state index contributed by atoms with van der Waals surface area (Å²) in [7, 11) is 1.38. The quantitative estimate of drug-likeness (QED) is 0.417. The van der Waals surface area contributed by atoms with Crippen LogP contribution in [0.25, 0.3) is 21.5 Å². The van der Waals surface area contributed by atoms with Crippen molar-refractivity contribution in [1.82, 2.24) is 19.9 Å². The minimum Gasteiger partial charge on any atom is -0.453 e. The lowest BCUT2D eigenvalue weighted by atomic mass is 10.1. The van der Waals surface area contributed by atoms with E-state index < -0.39 is 0 Å². The third-order valence-corrected chi connectivity index (χ3v) is 7.25. The van der Waals surface area contributed by atoms with Crippen LogP contribution in [0.5, 0.6) is 0 Å². The molecule has 0 unspecified atom stereocenters. The van der Waals surface area contributed by atoms with E-state index >= 15 is 0 Å². The Bertz CT molecular complexity index is 1340. The van der Waals surface area contributed by atoms with Crippen LogP contribution >= 0.6 is 22.9 Å². The monoisotopic (exact) mass is 498 g/mol. The zero-order chi connectivity index (χ0) is 23.7. The molecule has 1 fully saturated rings. The molecule has 1 aliphatic heterocycles. The van der Waals surface area contributed by atoms with Gasteiger partial charge in [-0.1, -0.05) is 35.0 Å². The summed E-state index contributed by atoms with van der Waals surface area (Å²) in [5, 5.41) is 8.33. The molecular formula is C24H23ClN4O4S. The number of likely N-dealkylation sites (tertiary alicyclic amines) is 1. The number of nitrogens with one attached hydrogen (secondary N) is 1. The average Bonchev–Trinajstić information content (AvgIpc) is 3.58. The van der Waals surface area contributed by atoms with Crippen molar-refractivity contribution in [3.05, 3.63) is 64.3 Å². The Labute approximate surface area is 205 Å². The summed E-state index contributed by atoms with van der Waals surface area (Å²) in [4.78, 5) is 27.6. The van der Waals surface area contributed by atoms with Crippen LogP contribution in [0.3, 0.4) is 0 Å². The second-order valence-corrected chi connectivity index (χ2v) is 9.88. The van der Waals surface area contributed by atoms with Crippen LogP contribution in [0.15, 0.2) is 53.1 Å². The highest BCUT2D eigenvalue weighted by atomic mass is 35.5. The lowest BCUT2D eigenvalue weighted by Crippen LogP contribution is -2.46. The van der Waals surface area contributed by atoms with Crippen molar-refractivity contribution in [2.75, 3.05) is 20.2 Å². The van der Waals surface area contributed by atoms with E-state index in [2.05, 4.69) is 10.5 Å². The van der Waals surface area contributed by atoms with E-state index in [1.54, 1.807) is 4.90 Å².